The fraction of sp³-hybridized carbons (Fsp3) is 0.474. The molecular formula is C19H25N. The van der Waals surface area contributed by atoms with Gasteiger partial charge < -0.3 is 5.32 Å². The predicted octanol–water partition coefficient (Wildman–Crippen LogP) is 4.99. The highest BCUT2D eigenvalue weighted by molar-refractivity contribution is 5.88. The molecule has 0 aromatic heterocycles. The molecule has 1 atom stereocenters. The quantitative estimate of drug-likeness (QED) is 0.777. The van der Waals surface area contributed by atoms with Crippen LogP contribution in [0.4, 0.5) is 0 Å². The summed E-state index contributed by atoms with van der Waals surface area (Å²) in [6.45, 7) is 5.56. The van der Waals surface area contributed by atoms with Crippen molar-refractivity contribution in [3.8, 4) is 0 Å². The Balaban J connectivity index is 1.98. The van der Waals surface area contributed by atoms with Crippen molar-refractivity contribution in [2.45, 2.75) is 45.6 Å². The summed E-state index contributed by atoms with van der Waals surface area (Å²) in [5.74, 6) is 0.949. The van der Waals surface area contributed by atoms with Gasteiger partial charge in [-0.3, -0.25) is 0 Å². The predicted molar refractivity (Wildman–Crippen MR) is 87.1 cm³/mol. The molecule has 1 aliphatic carbocycles. The largest absolute Gasteiger partial charge is 0.310 e. The van der Waals surface area contributed by atoms with Crippen molar-refractivity contribution in [2.24, 2.45) is 5.92 Å². The third-order valence-electron chi connectivity index (χ3n) is 4.46. The highest BCUT2D eigenvalue weighted by atomic mass is 14.9. The van der Waals surface area contributed by atoms with Crippen LogP contribution in [0.2, 0.25) is 0 Å². The highest BCUT2D eigenvalue weighted by Crippen LogP contribution is 2.39. The van der Waals surface area contributed by atoms with E-state index in [1.54, 1.807) is 0 Å². The van der Waals surface area contributed by atoms with Crippen LogP contribution in [-0.4, -0.2) is 6.54 Å². The zero-order valence-electron chi connectivity index (χ0n) is 12.7. The lowest BCUT2D eigenvalue weighted by Crippen LogP contribution is -2.23. The molecule has 1 heteroatoms. The first kappa shape index (κ1) is 13.6. The molecule has 1 saturated carbocycles. The second-order valence-corrected chi connectivity index (χ2v) is 6.20. The average Bonchev–Trinajstić information content (AvgIpc) is 3.28. The Morgan fingerprint density at radius 3 is 2.55 bits per heavy atom. The van der Waals surface area contributed by atoms with Crippen molar-refractivity contribution in [2.75, 3.05) is 6.54 Å². The van der Waals surface area contributed by atoms with Gasteiger partial charge in [0, 0.05) is 6.04 Å². The molecule has 0 amide bonds. The third kappa shape index (κ3) is 2.88. The summed E-state index contributed by atoms with van der Waals surface area (Å²) in [6.07, 6.45) is 5.35. The first-order valence-corrected chi connectivity index (χ1v) is 8.01. The van der Waals surface area contributed by atoms with E-state index in [2.05, 4.69) is 55.6 Å². The first-order valence-electron chi connectivity index (χ1n) is 8.01. The minimum absolute atomic E-state index is 0.521. The van der Waals surface area contributed by atoms with Gasteiger partial charge in [0.15, 0.2) is 0 Å². The molecule has 0 radical (unpaired) electrons. The highest BCUT2D eigenvalue weighted by Gasteiger charge is 2.26. The summed E-state index contributed by atoms with van der Waals surface area (Å²) < 4.78 is 0. The zero-order chi connectivity index (χ0) is 13.9. The van der Waals surface area contributed by atoms with Crippen LogP contribution in [0.25, 0.3) is 10.8 Å². The van der Waals surface area contributed by atoms with E-state index >= 15 is 0 Å². The van der Waals surface area contributed by atoms with Crippen molar-refractivity contribution in [3.63, 3.8) is 0 Å². The summed E-state index contributed by atoms with van der Waals surface area (Å²) in [7, 11) is 0. The van der Waals surface area contributed by atoms with E-state index in [-0.39, 0.29) is 0 Å². The van der Waals surface area contributed by atoms with Gasteiger partial charge in [0.2, 0.25) is 0 Å². The van der Waals surface area contributed by atoms with Crippen molar-refractivity contribution in [1.29, 1.82) is 0 Å². The van der Waals surface area contributed by atoms with Gasteiger partial charge in [-0.05, 0) is 54.1 Å². The van der Waals surface area contributed by atoms with E-state index < -0.39 is 0 Å². The number of rotatable bonds is 6. The molecule has 1 fully saturated rings. The maximum absolute atomic E-state index is 3.77. The number of hydrogen-bond acceptors (Lipinski definition) is 1. The summed E-state index contributed by atoms with van der Waals surface area (Å²) >= 11 is 0. The topological polar surface area (TPSA) is 12.0 Å². The standard InChI is InChI=1S/C19H25N/c1-3-12-20-19(13-15-9-10-15)18-11-8-14(2)16-6-4-5-7-17(16)18/h4-8,11,15,19-20H,3,9-10,12-13H2,1-2H3. The molecule has 0 saturated heterocycles. The molecule has 0 bridgehead atoms. The number of nitrogens with one attached hydrogen (secondary N) is 1. The van der Waals surface area contributed by atoms with E-state index in [0.717, 1.165) is 12.5 Å². The van der Waals surface area contributed by atoms with Gasteiger partial charge >= 0.3 is 0 Å². The molecule has 0 spiro atoms. The Morgan fingerprint density at radius 1 is 1.10 bits per heavy atom. The molecule has 0 heterocycles. The van der Waals surface area contributed by atoms with Crippen LogP contribution >= 0.6 is 0 Å². The van der Waals surface area contributed by atoms with E-state index in [0.29, 0.717) is 6.04 Å². The lowest BCUT2D eigenvalue weighted by molar-refractivity contribution is 0.476. The van der Waals surface area contributed by atoms with Crippen molar-refractivity contribution < 1.29 is 0 Å². The van der Waals surface area contributed by atoms with Crippen molar-refractivity contribution >= 4 is 10.8 Å². The molecule has 1 aliphatic rings. The monoisotopic (exact) mass is 267 g/mol. The SMILES string of the molecule is CCCNC(CC1CC1)c1ccc(C)c2ccccc12. The fourth-order valence-corrected chi connectivity index (χ4v) is 3.10. The molecule has 3 rings (SSSR count). The van der Waals surface area contributed by atoms with Crippen LogP contribution in [-0.2, 0) is 0 Å². The maximum Gasteiger partial charge on any atom is 0.0329 e. The fourth-order valence-electron chi connectivity index (χ4n) is 3.10. The minimum Gasteiger partial charge on any atom is -0.310 e. The summed E-state index contributed by atoms with van der Waals surface area (Å²) in [4.78, 5) is 0. The number of fused-ring (bicyclic) bond motifs is 1. The molecule has 2 aromatic carbocycles. The first-order chi connectivity index (χ1) is 9.79. The number of hydrogen-bond donors (Lipinski definition) is 1. The molecule has 1 nitrogen and oxygen atoms in total. The third-order valence-corrected chi connectivity index (χ3v) is 4.46. The minimum atomic E-state index is 0.521. The molecule has 2 aromatic rings. The molecule has 1 N–H and O–H groups in total. The lowest BCUT2D eigenvalue weighted by Gasteiger charge is -2.21. The van der Waals surface area contributed by atoms with Crippen LogP contribution in [0.1, 0.15) is 49.8 Å². The Labute approximate surface area is 122 Å². The van der Waals surface area contributed by atoms with E-state index in [1.165, 1.54) is 47.6 Å². The van der Waals surface area contributed by atoms with E-state index in [1.807, 2.05) is 0 Å². The summed E-state index contributed by atoms with van der Waals surface area (Å²) in [5.41, 5.74) is 2.87. The summed E-state index contributed by atoms with van der Waals surface area (Å²) in [5, 5.41) is 6.61. The second-order valence-electron chi connectivity index (χ2n) is 6.20. The van der Waals surface area contributed by atoms with Crippen LogP contribution in [0.5, 0.6) is 0 Å². The van der Waals surface area contributed by atoms with E-state index in [9.17, 15) is 0 Å². The van der Waals surface area contributed by atoms with Crippen LogP contribution in [0.3, 0.4) is 0 Å². The van der Waals surface area contributed by atoms with Gasteiger partial charge in [-0.2, -0.15) is 0 Å². The smallest absolute Gasteiger partial charge is 0.0329 e. The van der Waals surface area contributed by atoms with Crippen LogP contribution in [0.15, 0.2) is 36.4 Å². The molecule has 106 valence electrons. The van der Waals surface area contributed by atoms with Crippen LogP contribution < -0.4 is 5.32 Å². The molecular weight excluding hydrogens is 242 g/mol. The van der Waals surface area contributed by atoms with Gasteiger partial charge in [0.05, 0.1) is 0 Å². The summed E-state index contributed by atoms with van der Waals surface area (Å²) in [6, 6.07) is 14.0. The van der Waals surface area contributed by atoms with Crippen molar-refractivity contribution in [1.82, 2.24) is 5.32 Å². The van der Waals surface area contributed by atoms with Gasteiger partial charge in [0.25, 0.3) is 0 Å². The van der Waals surface area contributed by atoms with Gasteiger partial charge in [-0.25, -0.2) is 0 Å². The number of benzene rings is 2. The van der Waals surface area contributed by atoms with Gasteiger partial charge in [-0.1, -0.05) is 56.2 Å². The Bertz CT molecular complexity index is 583. The Hall–Kier alpha value is -1.34. The van der Waals surface area contributed by atoms with E-state index in [4.69, 9.17) is 0 Å². The van der Waals surface area contributed by atoms with Gasteiger partial charge in [0.1, 0.15) is 0 Å². The average molecular weight is 267 g/mol. The normalized spacial score (nSPS) is 16.5. The Morgan fingerprint density at radius 2 is 1.85 bits per heavy atom. The molecule has 20 heavy (non-hydrogen) atoms. The van der Waals surface area contributed by atoms with Crippen LogP contribution in [0, 0.1) is 12.8 Å². The lowest BCUT2D eigenvalue weighted by atomic mass is 9.93. The second kappa shape index (κ2) is 5.97. The Kier molecular flexibility index (Phi) is 4.07. The number of aryl methyl sites for hydroxylation is 1. The molecule has 0 aliphatic heterocycles. The zero-order valence-corrected chi connectivity index (χ0v) is 12.7. The van der Waals surface area contributed by atoms with Gasteiger partial charge in [-0.15, -0.1) is 0 Å². The molecule has 1 unspecified atom stereocenters. The maximum atomic E-state index is 3.77. The van der Waals surface area contributed by atoms with Crippen molar-refractivity contribution in [3.05, 3.63) is 47.5 Å².